The van der Waals surface area contributed by atoms with Gasteiger partial charge in [-0.25, -0.2) is 4.98 Å². The van der Waals surface area contributed by atoms with Gasteiger partial charge in [-0.3, -0.25) is 0 Å². The number of hydrogen-bond donors (Lipinski definition) is 1. The largest absolute Gasteiger partial charge is 0.441 e. The van der Waals surface area contributed by atoms with Crippen molar-refractivity contribution >= 4 is 51.0 Å². The molecule has 0 aromatic carbocycles. The zero-order valence-electron chi connectivity index (χ0n) is 6.77. The second-order valence-electron chi connectivity index (χ2n) is 2.50. The Morgan fingerprint density at radius 3 is 3.08 bits per heavy atom. The first-order valence-electron chi connectivity index (χ1n) is 3.63. The van der Waals surface area contributed by atoms with E-state index in [1.165, 1.54) is 0 Å². The van der Waals surface area contributed by atoms with E-state index < -0.39 is 0 Å². The van der Waals surface area contributed by atoms with Gasteiger partial charge in [0.15, 0.2) is 16.6 Å². The molecule has 0 radical (unpaired) electrons. The van der Waals surface area contributed by atoms with Crippen LogP contribution in [0.1, 0.15) is 0 Å². The Labute approximate surface area is 93.6 Å². The molecule has 0 unspecified atom stereocenters. The molecule has 0 aliphatic carbocycles. The molecule has 2 aromatic rings. The lowest BCUT2D eigenvalue weighted by molar-refractivity contribution is 0.617. The molecule has 3 nitrogen and oxygen atoms in total. The Balaban J connectivity index is 2.83. The molecule has 2 rings (SSSR count). The zero-order chi connectivity index (χ0) is 9.42. The molecule has 0 fully saturated rings. The molecule has 2 aromatic heterocycles. The van der Waals surface area contributed by atoms with Crippen LogP contribution in [0.2, 0.25) is 5.22 Å². The summed E-state index contributed by atoms with van der Waals surface area (Å²) in [4.78, 5) is 4.17. The van der Waals surface area contributed by atoms with E-state index in [1.807, 2.05) is 0 Å². The molecular formula is C8H6ClIN2O. The van der Waals surface area contributed by atoms with E-state index >= 15 is 0 Å². The fraction of sp³-hybridized carbons (Fsp3) is 0.125. The van der Waals surface area contributed by atoms with Crippen LogP contribution in [0.3, 0.4) is 0 Å². The molecule has 0 aliphatic rings. The van der Waals surface area contributed by atoms with Crippen molar-refractivity contribution in [1.82, 2.24) is 4.98 Å². The minimum Gasteiger partial charge on any atom is -0.441 e. The fourth-order valence-corrected chi connectivity index (χ4v) is 1.87. The number of fused-ring (bicyclic) bond motifs is 1. The topological polar surface area (TPSA) is 38.1 Å². The lowest BCUT2D eigenvalue weighted by atomic mass is 10.3. The van der Waals surface area contributed by atoms with Crippen molar-refractivity contribution in [1.29, 1.82) is 0 Å². The van der Waals surface area contributed by atoms with Crippen molar-refractivity contribution in [3.05, 3.63) is 21.1 Å². The first-order chi connectivity index (χ1) is 6.22. The highest BCUT2D eigenvalue weighted by Gasteiger charge is 2.10. The van der Waals surface area contributed by atoms with E-state index in [9.17, 15) is 0 Å². The van der Waals surface area contributed by atoms with Gasteiger partial charge in [-0.1, -0.05) is 0 Å². The molecule has 0 spiro atoms. The quantitative estimate of drug-likeness (QED) is 0.823. The molecule has 2 heterocycles. The van der Waals surface area contributed by atoms with E-state index in [4.69, 9.17) is 16.0 Å². The van der Waals surface area contributed by atoms with Crippen LogP contribution >= 0.6 is 34.2 Å². The van der Waals surface area contributed by atoms with Gasteiger partial charge in [-0.15, -0.1) is 0 Å². The summed E-state index contributed by atoms with van der Waals surface area (Å²) in [5.74, 6) is 0.710. The highest BCUT2D eigenvalue weighted by molar-refractivity contribution is 14.1. The van der Waals surface area contributed by atoms with Crippen LogP contribution in [0, 0.1) is 3.57 Å². The van der Waals surface area contributed by atoms with E-state index in [1.54, 1.807) is 19.3 Å². The van der Waals surface area contributed by atoms with Gasteiger partial charge in [-0.2, -0.15) is 0 Å². The van der Waals surface area contributed by atoms with E-state index in [2.05, 4.69) is 32.9 Å². The minimum atomic E-state index is 0.386. The molecule has 68 valence electrons. The molecule has 0 bridgehead atoms. The smallest absolute Gasteiger partial charge is 0.194 e. The number of rotatable bonds is 1. The van der Waals surface area contributed by atoms with Crippen molar-refractivity contribution in [3.63, 3.8) is 0 Å². The Bertz CT molecular complexity index is 455. The van der Waals surface area contributed by atoms with E-state index in [-0.39, 0.29) is 0 Å². The summed E-state index contributed by atoms with van der Waals surface area (Å²) in [5.41, 5.74) is 0.708. The number of halogens is 2. The van der Waals surface area contributed by atoms with Gasteiger partial charge in [0.25, 0.3) is 0 Å². The Hall–Kier alpha value is -0.490. The third-order valence-electron chi connectivity index (χ3n) is 1.72. The molecule has 0 saturated heterocycles. The maximum atomic E-state index is 5.76. The zero-order valence-corrected chi connectivity index (χ0v) is 9.68. The highest BCUT2D eigenvalue weighted by atomic mass is 127. The molecule has 0 amide bonds. The summed E-state index contributed by atoms with van der Waals surface area (Å²) in [7, 11) is 1.80. The normalized spacial score (nSPS) is 10.7. The maximum Gasteiger partial charge on any atom is 0.194 e. The number of hydrogen-bond acceptors (Lipinski definition) is 3. The highest BCUT2D eigenvalue weighted by Crippen LogP contribution is 2.30. The summed E-state index contributed by atoms with van der Waals surface area (Å²) in [6, 6.07) is 1.79. The molecule has 0 aliphatic heterocycles. The van der Waals surface area contributed by atoms with Crippen molar-refractivity contribution in [2.45, 2.75) is 0 Å². The van der Waals surface area contributed by atoms with E-state index in [0.29, 0.717) is 16.6 Å². The third-order valence-corrected chi connectivity index (χ3v) is 2.76. The lowest BCUT2D eigenvalue weighted by Crippen LogP contribution is -1.92. The number of pyridine rings is 1. The average molecular weight is 309 g/mol. The van der Waals surface area contributed by atoms with Crippen molar-refractivity contribution in [2.24, 2.45) is 0 Å². The van der Waals surface area contributed by atoms with Gasteiger partial charge in [-0.05, 0) is 34.2 Å². The summed E-state index contributed by atoms with van der Waals surface area (Å²) < 4.78 is 6.34. The van der Waals surface area contributed by atoms with Crippen molar-refractivity contribution < 1.29 is 4.42 Å². The van der Waals surface area contributed by atoms with Gasteiger partial charge < -0.3 is 9.73 Å². The molecule has 1 N–H and O–H groups in total. The number of nitrogens with zero attached hydrogens (tertiary/aromatic N) is 1. The van der Waals surface area contributed by atoms with Crippen LogP contribution < -0.4 is 5.32 Å². The van der Waals surface area contributed by atoms with Crippen LogP contribution in [0.5, 0.6) is 0 Å². The molecular weight excluding hydrogens is 302 g/mol. The Morgan fingerprint density at radius 1 is 1.62 bits per heavy atom. The van der Waals surface area contributed by atoms with Crippen LogP contribution in [0.25, 0.3) is 11.0 Å². The van der Waals surface area contributed by atoms with E-state index in [0.717, 1.165) is 8.96 Å². The fourth-order valence-electron chi connectivity index (χ4n) is 1.14. The predicted octanol–water partition coefficient (Wildman–Crippen LogP) is 3.13. The van der Waals surface area contributed by atoms with Gasteiger partial charge in [0.05, 0.1) is 0 Å². The Kier molecular flexibility index (Phi) is 2.33. The first kappa shape index (κ1) is 9.08. The Morgan fingerprint density at radius 2 is 2.38 bits per heavy atom. The van der Waals surface area contributed by atoms with Crippen LogP contribution in [0.4, 0.5) is 5.82 Å². The average Bonchev–Trinajstić information content (AvgIpc) is 2.48. The van der Waals surface area contributed by atoms with Gasteiger partial charge in [0, 0.05) is 28.3 Å². The van der Waals surface area contributed by atoms with Gasteiger partial charge in [0.1, 0.15) is 0 Å². The molecule has 0 atom stereocenters. The minimum absolute atomic E-state index is 0.386. The monoisotopic (exact) mass is 308 g/mol. The summed E-state index contributed by atoms with van der Waals surface area (Å²) in [6.45, 7) is 0. The van der Waals surface area contributed by atoms with Crippen molar-refractivity contribution in [2.75, 3.05) is 12.4 Å². The number of furan rings is 1. The number of nitrogens with one attached hydrogen (secondary N) is 1. The second-order valence-corrected chi connectivity index (χ2v) is 4.03. The van der Waals surface area contributed by atoms with Gasteiger partial charge >= 0.3 is 0 Å². The number of aromatic nitrogens is 1. The maximum absolute atomic E-state index is 5.76. The predicted molar refractivity (Wildman–Crippen MR) is 61.3 cm³/mol. The van der Waals surface area contributed by atoms with Crippen LogP contribution in [-0.2, 0) is 0 Å². The molecule has 0 saturated carbocycles. The molecule has 5 heteroatoms. The summed E-state index contributed by atoms with van der Waals surface area (Å²) in [6.07, 6.45) is 1.78. The third kappa shape index (κ3) is 1.48. The van der Waals surface area contributed by atoms with Crippen molar-refractivity contribution in [3.8, 4) is 0 Å². The molecule has 13 heavy (non-hydrogen) atoms. The second kappa shape index (κ2) is 3.34. The van der Waals surface area contributed by atoms with Gasteiger partial charge in [0.2, 0.25) is 0 Å². The summed E-state index contributed by atoms with van der Waals surface area (Å²) in [5, 5.41) is 4.32. The first-order valence-corrected chi connectivity index (χ1v) is 5.09. The SMILES string of the molecule is CNc1ncc(I)c2cc(Cl)oc12. The lowest BCUT2D eigenvalue weighted by Gasteiger charge is -1.99. The summed E-state index contributed by atoms with van der Waals surface area (Å²) >= 11 is 7.95. The number of anilines is 1. The van der Waals surface area contributed by atoms with Crippen LogP contribution in [-0.4, -0.2) is 12.0 Å². The standard InChI is InChI=1S/C8H6ClIN2O/c1-11-8-7-4(2-6(9)13-7)5(10)3-12-8/h2-3H,1H3,(H,11,12). The van der Waals surface area contributed by atoms with Crippen LogP contribution in [0.15, 0.2) is 16.7 Å².